The van der Waals surface area contributed by atoms with Gasteiger partial charge in [0, 0.05) is 18.0 Å². The summed E-state index contributed by atoms with van der Waals surface area (Å²) in [5.41, 5.74) is 0.917. The van der Waals surface area contributed by atoms with Gasteiger partial charge in [-0.25, -0.2) is 0 Å². The Morgan fingerprint density at radius 3 is 2.70 bits per heavy atom. The van der Waals surface area contributed by atoms with Crippen LogP contribution in [-0.4, -0.2) is 27.5 Å². The molecule has 1 aliphatic carbocycles. The third-order valence-corrected chi connectivity index (χ3v) is 4.72. The molecule has 1 amide bonds. The fraction of sp³-hybridized carbons (Fsp3) is 0.500. The maximum absolute atomic E-state index is 12.6. The minimum atomic E-state index is -0.0354. The van der Waals surface area contributed by atoms with Crippen LogP contribution in [0.2, 0.25) is 0 Å². The van der Waals surface area contributed by atoms with Gasteiger partial charge in [-0.15, -0.1) is 0 Å². The first-order chi connectivity index (χ1) is 11.3. The summed E-state index contributed by atoms with van der Waals surface area (Å²) in [5, 5.41) is 4.19. The molecule has 2 aliphatic rings. The minimum absolute atomic E-state index is 0.0354. The quantitative estimate of drug-likeness (QED) is 0.869. The Kier molecular flexibility index (Phi) is 3.85. The van der Waals surface area contributed by atoms with E-state index in [4.69, 9.17) is 4.52 Å². The summed E-state index contributed by atoms with van der Waals surface area (Å²) in [6.07, 6.45) is 6.32. The van der Waals surface area contributed by atoms with Crippen LogP contribution in [0.1, 0.15) is 50.4 Å². The molecule has 2 fully saturated rings. The standard InChI is InChI=1S/C18H21N3O2/c22-18(14-10-11-14)21-12-6-2-5-9-15(21)16-19-17(23-20-16)13-7-3-1-4-8-13/h1,3-4,7-8,14-15H,2,5-6,9-12H2. The highest BCUT2D eigenvalue weighted by Crippen LogP contribution is 2.37. The van der Waals surface area contributed by atoms with Crippen molar-refractivity contribution in [3.05, 3.63) is 36.2 Å². The van der Waals surface area contributed by atoms with Gasteiger partial charge in [0.15, 0.2) is 5.82 Å². The van der Waals surface area contributed by atoms with Crippen LogP contribution in [0, 0.1) is 5.92 Å². The van der Waals surface area contributed by atoms with Crippen LogP contribution in [-0.2, 0) is 4.79 Å². The van der Waals surface area contributed by atoms with Gasteiger partial charge >= 0.3 is 0 Å². The van der Waals surface area contributed by atoms with Crippen LogP contribution in [0.5, 0.6) is 0 Å². The fourth-order valence-corrected chi connectivity index (χ4v) is 3.27. The molecule has 1 atom stereocenters. The molecule has 1 unspecified atom stereocenters. The first kappa shape index (κ1) is 14.4. The number of carbonyl (C=O) groups is 1. The van der Waals surface area contributed by atoms with Crippen molar-refractivity contribution < 1.29 is 9.32 Å². The Morgan fingerprint density at radius 1 is 1.09 bits per heavy atom. The van der Waals surface area contributed by atoms with E-state index in [1.165, 1.54) is 0 Å². The van der Waals surface area contributed by atoms with Gasteiger partial charge in [-0.1, -0.05) is 36.2 Å². The van der Waals surface area contributed by atoms with E-state index < -0.39 is 0 Å². The molecule has 1 aromatic carbocycles. The summed E-state index contributed by atoms with van der Waals surface area (Å²) in [5.74, 6) is 1.70. The van der Waals surface area contributed by atoms with E-state index in [0.717, 1.165) is 50.6 Å². The zero-order valence-electron chi connectivity index (χ0n) is 13.1. The molecule has 0 N–H and O–H groups in total. The van der Waals surface area contributed by atoms with Crippen LogP contribution in [0.25, 0.3) is 11.5 Å². The highest BCUT2D eigenvalue weighted by atomic mass is 16.5. The normalized spacial score (nSPS) is 21.9. The maximum atomic E-state index is 12.6. The average Bonchev–Trinajstić information content (AvgIpc) is 3.37. The molecule has 1 saturated carbocycles. The van der Waals surface area contributed by atoms with E-state index in [0.29, 0.717) is 11.7 Å². The lowest BCUT2D eigenvalue weighted by molar-refractivity contribution is -0.135. The van der Waals surface area contributed by atoms with Crippen molar-refractivity contribution in [2.45, 2.75) is 44.6 Å². The largest absolute Gasteiger partial charge is 0.334 e. The molecule has 1 saturated heterocycles. The number of aromatic nitrogens is 2. The molecule has 4 rings (SSSR count). The van der Waals surface area contributed by atoms with Gasteiger partial charge in [0.1, 0.15) is 0 Å². The van der Waals surface area contributed by atoms with Crippen molar-refractivity contribution in [2.24, 2.45) is 5.92 Å². The third kappa shape index (κ3) is 3.00. The van der Waals surface area contributed by atoms with Crippen molar-refractivity contribution >= 4 is 5.91 Å². The lowest BCUT2D eigenvalue weighted by atomic mass is 10.1. The van der Waals surface area contributed by atoms with Gasteiger partial charge in [-0.05, 0) is 37.8 Å². The van der Waals surface area contributed by atoms with Crippen molar-refractivity contribution in [3.63, 3.8) is 0 Å². The van der Waals surface area contributed by atoms with E-state index >= 15 is 0 Å². The van der Waals surface area contributed by atoms with E-state index in [-0.39, 0.29) is 17.9 Å². The summed E-state index contributed by atoms with van der Waals surface area (Å²) in [4.78, 5) is 19.2. The number of nitrogens with zero attached hydrogens (tertiary/aromatic N) is 3. The van der Waals surface area contributed by atoms with Gasteiger partial charge in [0.25, 0.3) is 5.89 Å². The minimum Gasteiger partial charge on any atom is -0.334 e. The summed E-state index contributed by atoms with van der Waals surface area (Å²) in [7, 11) is 0. The number of rotatable bonds is 3. The number of carbonyl (C=O) groups excluding carboxylic acids is 1. The van der Waals surface area contributed by atoms with Gasteiger partial charge in [-0.2, -0.15) is 4.98 Å². The molecule has 2 heterocycles. The molecule has 23 heavy (non-hydrogen) atoms. The van der Waals surface area contributed by atoms with Gasteiger partial charge in [0.05, 0.1) is 6.04 Å². The smallest absolute Gasteiger partial charge is 0.257 e. The summed E-state index contributed by atoms with van der Waals surface area (Å²) < 4.78 is 5.45. The van der Waals surface area contributed by atoms with Crippen LogP contribution in [0.3, 0.4) is 0 Å². The first-order valence-corrected chi connectivity index (χ1v) is 8.52. The number of hydrogen-bond acceptors (Lipinski definition) is 4. The molecular formula is C18H21N3O2. The monoisotopic (exact) mass is 311 g/mol. The van der Waals surface area contributed by atoms with Crippen LogP contribution in [0.4, 0.5) is 0 Å². The van der Waals surface area contributed by atoms with E-state index in [1.54, 1.807) is 0 Å². The highest BCUT2D eigenvalue weighted by molar-refractivity contribution is 5.81. The second-order valence-corrected chi connectivity index (χ2v) is 6.49. The predicted molar refractivity (Wildman–Crippen MR) is 85.4 cm³/mol. The maximum Gasteiger partial charge on any atom is 0.257 e. The van der Waals surface area contributed by atoms with Crippen molar-refractivity contribution in [3.8, 4) is 11.5 Å². The molecular weight excluding hydrogens is 290 g/mol. The Labute approximate surface area is 135 Å². The third-order valence-electron chi connectivity index (χ3n) is 4.72. The lowest BCUT2D eigenvalue weighted by Gasteiger charge is -2.27. The van der Waals surface area contributed by atoms with E-state index in [2.05, 4.69) is 10.1 Å². The van der Waals surface area contributed by atoms with Crippen LogP contribution in [0.15, 0.2) is 34.9 Å². The van der Waals surface area contributed by atoms with Crippen molar-refractivity contribution in [2.75, 3.05) is 6.54 Å². The molecule has 5 heteroatoms. The zero-order chi connectivity index (χ0) is 15.6. The Bertz CT molecular complexity index is 679. The van der Waals surface area contributed by atoms with Gasteiger partial charge in [-0.3, -0.25) is 4.79 Å². The van der Waals surface area contributed by atoms with Gasteiger partial charge < -0.3 is 9.42 Å². The van der Waals surface area contributed by atoms with Crippen LogP contribution < -0.4 is 0 Å². The summed E-state index contributed by atoms with van der Waals surface area (Å²) >= 11 is 0. The summed E-state index contributed by atoms with van der Waals surface area (Å²) in [6.45, 7) is 0.815. The first-order valence-electron chi connectivity index (χ1n) is 8.52. The van der Waals surface area contributed by atoms with E-state index in [9.17, 15) is 4.79 Å². The number of hydrogen-bond donors (Lipinski definition) is 0. The lowest BCUT2D eigenvalue weighted by Crippen LogP contribution is -2.36. The molecule has 0 bridgehead atoms. The fourth-order valence-electron chi connectivity index (χ4n) is 3.27. The van der Waals surface area contributed by atoms with Crippen molar-refractivity contribution in [1.82, 2.24) is 15.0 Å². The number of amides is 1. The van der Waals surface area contributed by atoms with Crippen LogP contribution >= 0.6 is 0 Å². The Morgan fingerprint density at radius 2 is 1.91 bits per heavy atom. The second-order valence-electron chi connectivity index (χ2n) is 6.49. The molecule has 1 aromatic heterocycles. The van der Waals surface area contributed by atoms with Gasteiger partial charge in [0.2, 0.25) is 5.91 Å². The molecule has 2 aromatic rings. The van der Waals surface area contributed by atoms with E-state index in [1.807, 2.05) is 35.2 Å². The average molecular weight is 311 g/mol. The SMILES string of the molecule is O=C(C1CC1)N1CCCCCC1c1noc(-c2ccccc2)n1. The van der Waals surface area contributed by atoms with Crippen molar-refractivity contribution in [1.29, 1.82) is 0 Å². The number of benzene rings is 1. The zero-order valence-corrected chi connectivity index (χ0v) is 13.1. The summed E-state index contributed by atoms with van der Waals surface area (Å²) in [6, 6.07) is 9.74. The predicted octanol–water partition coefficient (Wildman–Crippen LogP) is 3.59. The Balaban J connectivity index is 1.61. The topological polar surface area (TPSA) is 59.2 Å². The molecule has 1 aliphatic heterocycles. The molecule has 0 radical (unpaired) electrons. The Hall–Kier alpha value is -2.17. The second kappa shape index (κ2) is 6.14. The number of likely N-dealkylation sites (tertiary alicyclic amines) is 1. The molecule has 5 nitrogen and oxygen atoms in total. The molecule has 0 spiro atoms. The molecule has 120 valence electrons. The highest BCUT2D eigenvalue weighted by Gasteiger charge is 2.38.